The Kier molecular flexibility index (Phi) is 4.94. The molecule has 144 valence electrons. The SMILES string of the molecule is Cc1cc(-c2cccc3ncnc(N4CCCC(C(=O)O)C4C)c23)ccc1Cl. The predicted molar refractivity (Wildman–Crippen MR) is 112 cm³/mol. The van der Waals surface area contributed by atoms with Crippen molar-refractivity contribution in [3.05, 3.63) is 53.3 Å². The van der Waals surface area contributed by atoms with Crippen molar-refractivity contribution in [1.29, 1.82) is 0 Å². The second kappa shape index (κ2) is 7.40. The zero-order valence-corrected chi connectivity index (χ0v) is 16.6. The third-order valence-corrected chi connectivity index (χ3v) is 6.11. The number of aliphatic carboxylic acids is 1. The summed E-state index contributed by atoms with van der Waals surface area (Å²) in [6, 6.07) is 11.8. The van der Waals surface area contributed by atoms with Crippen LogP contribution in [0.2, 0.25) is 5.02 Å². The van der Waals surface area contributed by atoms with Crippen molar-refractivity contribution in [2.75, 3.05) is 11.4 Å². The average molecular weight is 396 g/mol. The summed E-state index contributed by atoms with van der Waals surface area (Å²) in [5, 5.41) is 11.3. The number of carboxylic acids is 1. The second-order valence-corrected chi connectivity index (χ2v) is 7.79. The zero-order chi connectivity index (χ0) is 19.8. The smallest absolute Gasteiger partial charge is 0.308 e. The van der Waals surface area contributed by atoms with Gasteiger partial charge < -0.3 is 10.0 Å². The number of aromatic nitrogens is 2. The minimum absolute atomic E-state index is 0.135. The van der Waals surface area contributed by atoms with Crippen LogP contribution in [-0.4, -0.2) is 33.6 Å². The standard InChI is InChI=1S/C22H22ClN3O2/c1-13-11-15(8-9-18(13)23)17-5-3-7-19-20(17)21(25-12-24-19)26-10-4-6-16(14(26)2)22(27)28/h3,5,7-9,11-12,14,16H,4,6,10H2,1-2H3,(H,27,28). The first kappa shape index (κ1) is 18.7. The fourth-order valence-corrected chi connectivity index (χ4v) is 4.25. The lowest BCUT2D eigenvalue weighted by atomic mass is 9.89. The lowest BCUT2D eigenvalue weighted by Gasteiger charge is -2.38. The summed E-state index contributed by atoms with van der Waals surface area (Å²) >= 11 is 6.22. The molecule has 1 saturated heterocycles. The predicted octanol–water partition coefficient (Wildman–Crippen LogP) is 4.95. The van der Waals surface area contributed by atoms with E-state index in [1.54, 1.807) is 6.33 Å². The number of nitrogens with zero attached hydrogens (tertiary/aromatic N) is 3. The van der Waals surface area contributed by atoms with Gasteiger partial charge in [0.15, 0.2) is 0 Å². The largest absolute Gasteiger partial charge is 0.481 e. The van der Waals surface area contributed by atoms with Crippen LogP contribution in [0.1, 0.15) is 25.3 Å². The van der Waals surface area contributed by atoms with E-state index in [-0.39, 0.29) is 6.04 Å². The Labute approximate surface area is 169 Å². The summed E-state index contributed by atoms with van der Waals surface area (Å²) in [7, 11) is 0. The monoisotopic (exact) mass is 395 g/mol. The van der Waals surface area contributed by atoms with Gasteiger partial charge in [0.25, 0.3) is 0 Å². The first-order chi connectivity index (χ1) is 13.5. The van der Waals surface area contributed by atoms with Crippen molar-refractivity contribution in [1.82, 2.24) is 9.97 Å². The Morgan fingerprint density at radius 1 is 1.25 bits per heavy atom. The van der Waals surface area contributed by atoms with Crippen molar-refractivity contribution in [2.45, 2.75) is 32.7 Å². The molecular formula is C22H22ClN3O2. The van der Waals surface area contributed by atoms with E-state index in [2.05, 4.69) is 27.0 Å². The van der Waals surface area contributed by atoms with E-state index in [9.17, 15) is 9.90 Å². The highest BCUT2D eigenvalue weighted by Crippen LogP contribution is 2.37. The van der Waals surface area contributed by atoms with Crippen LogP contribution in [0, 0.1) is 12.8 Å². The Bertz CT molecular complexity index is 1050. The molecule has 0 saturated carbocycles. The Morgan fingerprint density at radius 2 is 2.07 bits per heavy atom. The van der Waals surface area contributed by atoms with Crippen LogP contribution in [0.4, 0.5) is 5.82 Å². The van der Waals surface area contributed by atoms with Gasteiger partial charge in [0.05, 0.1) is 16.8 Å². The van der Waals surface area contributed by atoms with E-state index in [4.69, 9.17) is 11.6 Å². The van der Waals surface area contributed by atoms with Crippen LogP contribution in [0.25, 0.3) is 22.0 Å². The van der Waals surface area contributed by atoms with Crippen LogP contribution in [0.15, 0.2) is 42.7 Å². The molecule has 28 heavy (non-hydrogen) atoms. The maximum absolute atomic E-state index is 11.7. The number of carbonyl (C=O) groups is 1. The lowest BCUT2D eigenvalue weighted by molar-refractivity contribution is -0.143. The summed E-state index contributed by atoms with van der Waals surface area (Å²) in [5.41, 5.74) is 3.92. The Hall–Kier alpha value is -2.66. The van der Waals surface area contributed by atoms with Crippen LogP contribution >= 0.6 is 11.6 Å². The average Bonchev–Trinajstić information content (AvgIpc) is 2.69. The quantitative estimate of drug-likeness (QED) is 0.679. The minimum atomic E-state index is -0.746. The first-order valence-electron chi connectivity index (χ1n) is 9.47. The molecule has 2 atom stereocenters. The molecule has 2 unspecified atom stereocenters. The third kappa shape index (κ3) is 3.20. The number of hydrogen-bond donors (Lipinski definition) is 1. The van der Waals surface area contributed by atoms with Gasteiger partial charge in [-0.15, -0.1) is 0 Å². The molecule has 6 heteroatoms. The maximum Gasteiger partial charge on any atom is 0.308 e. The summed E-state index contributed by atoms with van der Waals surface area (Å²) in [6.45, 7) is 4.74. The van der Waals surface area contributed by atoms with Crippen LogP contribution < -0.4 is 4.90 Å². The third-order valence-electron chi connectivity index (χ3n) is 5.69. The van der Waals surface area contributed by atoms with Crippen molar-refractivity contribution in [3.8, 4) is 11.1 Å². The fraction of sp³-hybridized carbons (Fsp3) is 0.318. The Morgan fingerprint density at radius 3 is 2.82 bits per heavy atom. The van der Waals surface area contributed by atoms with Crippen molar-refractivity contribution in [2.24, 2.45) is 5.92 Å². The van der Waals surface area contributed by atoms with Gasteiger partial charge in [0.2, 0.25) is 0 Å². The van der Waals surface area contributed by atoms with Crippen molar-refractivity contribution >= 4 is 34.3 Å². The number of halogens is 1. The van der Waals surface area contributed by atoms with Crippen molar-refractivity contribution in [3.63, 3.8) is 0 Å². The van der Waals surface area contributed by atoms with Crippen LogP contribution in [0.3, 0.4) is 0 Å². The van der Waals surface area contributed by atoms with Crippen LogP contribution in [-0.2, 0) is 4.79 Å². The molecular weight excluding hydrogens is 374 g/mol. The molecule has 5 nitrogen and oxygen atoms in total. The normalized spacial score (nSPS) is 19.8. The highest BCUT2D eigenvalue weighted by molar-refractivity contribution is 6.31. The minimum Gasteiger partial charge on any atom is -0.481 e. The summed E-state index contributed by atoms with van der Waals surface area (Å²) in [5.74, 6) is -0.348. The van der Waals surface area contributed by atoms with E-state index in [0.29, 0.717) is 6.42 Å². The first-order valence-corrected chi connectivity index (χ1v) is 9.85. The topological polar surface area (TPSA) is 66.3 Å². The van der Waals surface area contributed by atoms with Gasteiger partial charge in [0, 0.05) is 17.6 Å². The molecule has 0 bridgehead atoms. The Balaban J connectivity index is 1.90. The number of carboxylic acid groups (broad SMARTS) is 1. The van der Waals surface area contributed by atoms with E-state index < -0.39 is 11.9 Å². The molecule has 1 fully saturated rings. The summed E-state index contributed by atoms with van der Waals surface area (Å²) in [4.78, 5) is 22.9. The molecule has 4 rings (SSSR count). The molecule has 0 aliphatic carbocycles. The molecule has 2 aromatic carbocycles. The number of hydrogen-bond acceptors (Lipinski definition) is 4. The van der Waals surface area contributed by atoms with Gasteiger partial charge in [-0.05, 0) is 61.6 Å². The highest BCUT2D eigenvalue weighted by atomic mass is 35.5. The second-order valence-electron chi connectivity index (χ2n) is 7.38. The number of aryl methyl sites for hydroxylation is 1. The van der Waals surface area contributed by atoms with E-state index >= 15 is 0 Å². The number of benzene rings is 2. The number of fused-ring (bicyclic) bond motifs is 1. The van der Waals surface area contributed by atoms with Crippen LogP contribution in [0.5, 0.6) is 0 Å². The molecule has 1 aromatic heterocycles. The maximum atomic E-state index is 11.7. The number of rotatable bonds is 3. The molecule has 0 radical (unpaired) electrons. The van der Waals surface area contributed by atoms with E-state index in [0.717, 1.165) is 51.4 Å². The molecule has 1 aliphatic rings. The molecule has 2 heterocycles. The van der Waals surface area contributed by atoms with Gasteiger partial charge in [-0.1, -0.05) is 29.8 Å². The van der Waals surface area contributed by atoms with Gasteiger partial charge in [0.1, 0.15) is 12.1 Å². The lowest BCUT2D eigenvalue weighted by Crippen LogP contribution is -2.46. The number of anilines is 1. The van der Waals surface area contributed by atoms with E-state index in [1.165, 1.54) is 0 Å². The number of piperidine rings is 1. The molecule has 1 aliphatic heterocycles. The van der Waals surface area contributed by atoms with Gasteiger partial charge in [-0.25, -0.2) is 9.97 Å². The highest BCUT2D eigenvalue weighted by Gasteiger charge is 2.34. The van der Waals surface area contributed by atoms with Gasteiger partial charge in [-0.2, -0.15) is 0 Å². The summed E-state index contributed by atoms with van der Waals surface area (Å²) < 4.78 is 0. The molecule has 3 aromatic rings. The summed E-state index contributed by atoms with van der Waals surface area (Å²) in [6.07, 6.45) is 3.08. The van der Waals surface area contributed by atoms with E-state index in [1.807, 2.05) is 38.1 Å². The van der Waals surface area contributed by atoms with Crippen molar-refractivity contribution < 1.29 is 9.90 Å². The van der Waals surface area contributed by atoms with Gasteiger partial charge >= 0.3 is 5.97 Å². The molecule has 0 spiro atoms. The zero-order valence-electron chi connectivity index (χ0n) is 15.9. The fourth-order valence-electron chi connectivity index (χ4n) is 4.14. The van der Waals surface area contributed by atoms with Gasteiger partial charge in [-0.3, -0.25) is 4.79 Å². The molecule has 1 N–H and O–H groups in total. The molecule has 0 amide bonds.